The van der Waals surface area contributed by atoms with Crippen molar-refractivity contribution in [1.29, 1.82) is 0 Å². The van der Waals surface area contributed by atoms with E-state index < -0.39 is 24.6 Å². The van der Waals surface area contributed by atoms with Crippen LogP contribution in [0.3, 0.4) is 0 Å². The van der Waals surface area contributed by atoms with Crippen LogP contribution in [0.4, 0.5) is 19.3 Å². The topological polar surface area (TPSA) is 136 Å². The lowest BCUT2D eigenvalue weighted by Crippen LogP contribution is -2.53. The van der Waals surface area contributed by atoms with Crippen molar-refractivity contribution in [3.8, 4) is 17.2 Å². The molecule has 55 heavy (non-hydrogen) atoms. The van der Waals surface area contributed by atoms with Crippen LogP contribution >= 0.6 is 23.2 Å². The number of alkyl halides is 2. The van der Waals surface area contributed by atoms with Crippen molar-refractivity contribution in [3.05, 3.63) is 111 Å². The fraction of sp³-hybridized carbons (Fsp3) is 0.375. The number of rotatable bonds is 14. The van der Waals surface area contributed by atoms with Crippen molar-refractivity contribution in [2.75, 3.05) is 31.1 Å². The van der Waals surface area contributed by atoms with E-state index in [9.17, 15) is 33.8 Å². The molecule has 3 saturated heterocycles. The molecule has 3 aliphatic heterocycles. The second-order valence-corrected chi connectivity index (χ2v) is 15.0. The first kappa shape index (κ1) is 38.4. The smallest absolute Gasteiger partial charge is 0.415 e. The van der Waals surface area contributed by atoms with Gasteiger partial charge in [-0.2, -0.15) is 8.78 Å². The summed E-state index contributed by atoms with van der Waals surface area (Å²) < 4.78 is 44.7. The zero-order chi connectivity index (χ0) is 38.8. The number of benzene rings is 3. The minimum absolute atomic E-state index is 0.0255. The van der Waals surface area contributed by atoms with Crippen LogP contribution < -0.4 is 24.2 Å². The number of aromatic carboxylic acids is 1. The van der Waals surface area contributed by atoms with E-state index in [1.54, 1.807) is 24.3 Å². The molecule has 1 saturated carbocycles. The van der Waals surface area contributed by atoms with E-state index in [1.165, 1.54) is 53.7 Å². The molecule has 0 unspecified atom stereocenters. The molecule has 1 aliphatic carbocycles. The molecule has 4 aromatic rings. The summed E-state index contributed by atoms with van der Waals surface area (Å²) in [4.78, 5) is 30.7. The van der Waals surface area contributed by atoms with Crippen molar-refractivity contribution >= 4 is 41.0 Å². The number of carbonyl (C=O) groups excluding carboxylic acids is 2. The van der Waals surface area contributed by atoms with Gasteiger partial charge in [-0.15, -0.1) is 0 Å². The Kier molecular flexibility index (Phi) is 11.5. The van der Waals surface area contributed by atoms with Crippen molar-refractivity contribution in [2.24, 2.45) is 11.8 Å². The number of hydrogen-bond donors (Lipinski definition) is 2. The number of nitrogens with zero attached hydrogens (tertiary/aromatic N) is 3. The van der Waals surface area contributed by atoms with Crippen LogP contribution in [0, 0.1) is 11.8 Å². The van der Waals surface area contributed by atoms with Crippen LogP contribution in [-0.2, 0) is 17.7 Å². The Bertz CT molecular complexity index is 2040. The molecule has 11 nitrogen and oxygen atoms in total. The maximum absolute atomic E-state index is 14.2. The van der Waals surface area contributed by atoms with Crippen molar-refractivity contribution in [3.63, 3.8) is 0 Å². The summed E-state index contributed by atoms with van der Waals surface area (Å²) in [5, 5.41) is 34.2. The van der Waals surface area contributed by atoms with E-state index in [1.807, 2.05) is 0 Å². The predicted octanol–water partition coefficient (Wildman–Crippen LogP) is 6.59. The highest BCUT2D eigenvalue weighted by atomic mass is 35.5. The highest BCUT2D eigenvalue weighted by Crippen LogP contribution is 2.42. The van der Waals surface area contributed by atoms with Gasteiger partial charge in [0.25, 0.3) is 0 Å². The summed E-state index contributed by atoms with van der Waals surface area (Å²) >= 11 is 13.2. The molecule has 4 aliphatic rings. The van der Waals surface area contributed by atoms with Crippen LogP contribution in [0.15, 0.2) is 73.1 Å². The third-order valence-corrected chi connectivity index (χ3v) is 11.2. The van der Waals surface area contributed by atoms with E-state index in [0.717, 1.165) is 38.8 Å². The lowest BCUT2D eigenvalue weighted by Gasteiger charge is -2.44. The highest BCUT2D eigenvalue weighted by Gasteiger charge is 2.38. The Hall–Kier alpha value is -4.85. The first-order valence-electron chi connectivity index (χ1n) is 18.1. The largest absolute Gasteiger partial charge is 0.545 e. The Morgan fingerprint density at radius 3 is 2.35 bits per heavy atom. The number of anilines is 1. The number of phenols is 1. The number of fused-ring (bicyclic) bond motifs is 3. The number of pyridine rings is 1. The molecular formula is C40H39Cl2F2N3O8. The SMILES string of the molecule is O=C([O-])c1cccc(CN(C(=O)O[C@H]2CN3CCC2CC3)c2ccccc2O)c1[C@@H](Cc1c(Cl)c[n+](O)cc1Cl)c1ccc(OC(F)F)c(OCC2CC2)c1. The standard InChI is InChI=1S/C40H39Cl2F2N3O8/c41-30-19-46(52)20-31(42)29(30)17-28(25-10-11-34(54-39(43)44)35(16-25)53-22-23-8-9-23)37-26(4-3-5-27(37)38(49)50)18-47(32-6-1-2-7-33(32)48)40(51)55-36-21-45-14-12-24(36)13-15-45/h1-7,10-11,16,19-20,23-24,28,36,39H,8-9,12-15,17-18,21-22H2,(H2-,48,49,50,52)/t28-,36-/m0/s1. The van der Waals surface area contributed by atoms with Crippen LogP contribution in [0.5, 0.6) is 17.2 Å². The maximum Gasteiger partial charge on any atom is 0.415 e. The number of piperidine rings is 3. The van der Waals surface area contributed by atoms with Gasteiger partial charge in [0.15, 0.2) is 11.5 Å². The van der Waals surface area contributed by atoms with Gasteiger partial charge in [-0.1, -0.05) is 59.6 Å². The minimum Gasteiger partial charge on any atom is -0.545 e. The normalized spacial score (nSPS) is 19.5. The van der Waals surface area contributed by atoms with E-state index in [-0.39, 0.29) is 81.6 Å². The Labute approximate surface area is 326 Å². The number of phenolic OH excluding ortho intramolecular Hbond substituents is 1. The van der Waals surface area contributed by atoms with Crippen molar-refractivity contribution in [2.45, 2.75) is 57.3 Å². The van der Waals surface area contributed by atoms with E-state index in [2.05, 4.69) is 4.90 Å². The van der Waals surface area contributed by atoms with Gasteiger partial charge < -0.3 is 29.2 Å². The zero-order valence-corrected chi connectivity index (χ0v) is 31.1. The van der Waals surface area contributed by atoms with E-state index in [4.69, 9.17) is 37.4 Å². The molecule has 4 fully saturated rings. The summed E-state index contributed by atoms with van der Waals surface area (Å²) in [7, 11) is 0. The average molecular weight is 799 g/mol. The second-order valence-electron chi connectivity index (χ2n) is 14.2. The summed E-state index contributed by atoms with van der Waals surface area (Å²) in [5.74, 6) is -2.39. The molecule has 0 radical (unpaired) electrons. The molecule has 2 atom stereocenters. The highest BCUT2D eigenvalue weighted by molar-refractivity contribution is 6.35. The molecule has 1 aromatic heterocycles. The number of amides is 1. The molecule has 1 amide bonds. The lowest BCUT2D eigenvalue weighted by molar-refractivity contribution is -0.904. The molecule has 8 rings (SSSR count). The van der Waals surface area contributed by atoms with Crippen LogP contribution in [0.1, 0.15) is 64.2 Å². The van der Waals surface area contributed by atoms with Gasteiger partial charge in [0, 0.05) is 28.3 Å². The van der Waals surface area contributed by atoms with E-state index >= 15 is 0 Å². The molecule has 15 heteroatoms. The van der Waals surface area contributed by atoms with Crippen LogP contribution in [0.25, 0.3) is 0 Å². The van der Waals surface area contributed by atoms with Crippen molar-refractivity contribution in [1.82, 2.24) is 4.90 Å². The quantitative estimate of drug-likeness (QED) is 0.107. The fourth-order valence-electron chi connectivity index (χ4n) is 7.55. The summed E-state index contributed by atoms with van der Waals surface area (Å²) in [6.07, 6.45) is 4.93. The predicted molar refractivity (Wildman–Crippen MR) is 195 cm³/mol. The van der Waals surface area contributed by atoms with Gasteiger partial charge in [-0.3, -0.25) is 15.0 Å². The first-order chi connectivity index (χ1) is 26.4. The Morgan fingerprint density at radius 1 is 0.982 bits per heavy atom. The third-order valence-electron chi connectivity index (χ3n) is 10.6. The van der Waals surface area contributed by atoms with Gasteiger partial charge in [0.1, 0.15) is 21.9 Å². The zero-order valence-electron chi connectivity index (χ0n) is 29.6. The summed E-state index contributed by atoms with van der Waals surface area (Å²) in [6, 6.07) is 15.2. The molecule has 3 aromatic carbocycles. The van der Waals surface area contributed by atoms with E-state index in [0.29, 0.717) is 28.0 Å². The maximum atomic E-state index is 14.2. The number of ether oxygens (including phenoxy) is 3. The first-order valence-corrected chi connectivity index (χ1v) is 18.8. The Morgan fingerprint density at radius 2 is 1.71 bits per heavy atom. The lowest BCUT2D eigenvalue weighted by atomic mass is 9.80. The molecule has 4 heterocycles. The Balaban J connectivity index is 1.36. The number of carbonyl (C=O) groups is 2. The van der Waals surface area contributed by atoms with Gasteiger partial charge in [0.2, 0.25) is 12.4 Å². The number of carboxylic acid groups (broad SMARTS) is 1. The summed E-state index contributed by atoms with van der Waals surface area (Å²) in [6.45, 7) is -0.684. The minimum atomic E-state index is -3.14. The van der Waals surface area contributed by atoms with Gasteiger partial charge in [0.05, 0.1) is 24.8 Å². The molecule has 0 spiro atoms. The van der Waals surface area contributed by atoms with Gasteiger partial charge in [-0.25, -0.2) is 4.79 Å². The summed E-state index contributed by atoms with van der Waals surface area (Å²) in [5.41, 5.74) is 1.21. The van der Waals surface area contributed by atoms with Gasteiger partial charge in [-0.05, 0) is 98.0 Å². The van der Waals surface area contributed by atoms with Gasteiger partial charge >= 0.3 is 12.7 Å². The number of aromatic nitrogens is 1. The van der Waals surface area contributed by atoms with Crippen LogP contribution in [-0.4, -0.2) is 66.2 Å². The molecule has 290 valence electrons. The molecular weight excluding hydrogens is 759 g/mol. The average Bonchev–Trinajstić information content (AvgIpc) is 3.99. The fourth-order valence-corrected chi connectivity index (χ4v) is 8.16. The number of carboxylic acids is 1. The number of hydrogen-bond acceptors (Lipinski definition) is 9. The second kappa shape index (κ2) is 16.5. The molecule has 2 bridgehead atoms. The molecule has 2 N–H and O–H groups in total. The van der Waals surface area contributed by atoms with Crippen molar-refractivity contribution < 1.29 is 52.7 Å². The number of para-hydroxylation sites is 2. The number of halogens is 4. The monoisotopic (exact) mass is 797 g/mol. The van der Waals surface area contributed by atoms with Crippen LogP contribution in [0.2, 0.25) is 10.0 Å². The number of aromatic hydroxyl groups is 1. The third kappa shape index (κ3) is 8.84.